The molecule has 0 aromatic carbocycles. The van der Waals surface area contributed by atoms with E-state index in [0.717, 1.165) is 76.8 Å². The van der Waals surface area contributed by atoms with Gasteiger partial charge in [0.2, 0.25) is 18.7 Å². The zero-order valence-corrected chi connectivity index (χ0v) is 41.1. The molecule has 0 aliphatic carbocycles. The van der Waals surface area contributed by atoms with Crippen LogP contribution >= 0.6 is 11.9 Å². The molecule has 0 bridgehead atoms. The van der Waals surface area contributed by atoms with Gasteiger partial charge in [-0.1, -0.05) is 103 Å². The van der Waals surface area contributed by atoms with E-state index < -0.39 is 58.6 Å². The molecule has 2 saturated heterocycles. The Morgan fingerprint density at radius 3 is 1.53 bits per heavy atom. The molecule has 0 amide bonds. The highest BCUT2D eigenvalue weighted by Crippen LogP contribution is 2.49. The smallest absolute Gasteiger partial charge is 0.330 e. The summed E-state index contributed by atoms with van der Waals surface area (Å²) >= 11 is 0.885. The number of aldehydes is 1. The first-order valence-electron chi connectivity index (χ1n) is 23.1. The monoisotopic (exact) mass is 924 g/mol. The highest BCUT2D eigenvalue weighted by molar-refractivity contribution is 8.15. The van der Waals surface area contributed by atoms with Gasteiger partial charge in [0.25, 0.3) is 0 Å². The highest BCUT2D eigenvalue weighted by atomic mass is 32.2. The van der Waals surface area contributed by atoms with Gasteiger partial charge < -0.3 is 46.9 Å². The number of carbonyl (C=O) groups excluding carboxylic acids is 5. The van der Waals surface area contributed by atoms with Crippen LogP contribution in [0.25, 0.3) is 0 Å². The van der Waals surface area contributed by atoms with Gasteiger partial charge in [-0.15, -0.1) is 13.2 Å². The van der Waals surface area contributed by atoms with Crippen LogP contribution in [0.2, 0.25) is 0 Å². The second kappa shape index (κ2) is 30.1. The Morgan fingerprint density at radius 2 is 1.16 bits per heavy atom. The van der Waals surface area contributed by atoms with Crippen molar-refractivity contribution in [2.75, 3.05) is 35.0 Å². The molecule has 1 radical (unpaired) electrons. The zero-order chi connectivity index (χ0) is 49.1. The van der Waals surface area contributed by atoms with E-state index in [-0.39, 0.29) is 31.5 Å². The molecule has 0 N–H and O–H groups in total. The first kappa shape index (κ1) is 56.9. The van der Waals surface area contributed by atoms with E-state index in [9.17, 15) is 24.0 Å². The maximum absolute atomic E-state index is 12.9. The van der Waals surface area contributed by atoms with Crippen molar-refractivity contribution in [2.45, 2.75) is 180 Å². The number of ether oxygens (including phenoxy) is 8. The Labute approximate surface area is 390 Å². The van der Waals surface area contributed by atoms with Crippen molar-refractivity contribution < 1.29 is 66.1 Å². The molecule has 6 atom stereocenters. The molecule has 2 aliphatic rings. The van der Waals surface area contributed by atoms with Crippen molar-refractivity contribution in [3.05, 3.63) is 48.6 Å². The minimum Gasteiger partial charge on any atom is -0.466 e. The Kier molecular flexibility index (Phi) is 26.7. The Morgan fingerprint density at radius 1 is 0.734 bits per heavy atom. The third-order valence-corrected chi connectivity index (χ3v) is 11.8. The third-order valence-electron chi connectivity index (χ3n) is 11.5. The standard InChI is InChI=1S/C24H40BO7S.C24H38O7/c1-7-9-10-11-12-14-20(26)31-22-18(16-21(27)28-5)15-19(13-8-2)32-24(22,29-6)23(3,4)17-30-33-25;1-7-9-10-11-12-14-20(26)30-22-18(16-21(27)28-5)15-19(13-8-2)31-24(22,29-6)23(3,4)17-25/h8,16,19,22,25H,2,7,9-15,17H2,1,3-6H3;8,16-17,19,22H,2,7,9-15H2,1,3-6H3/b2*18-16+/t2*19-,22+,24-/m11/s1/i25T;. The summed E-state index contributed by atoms with van der Waals surface area (Å²) in [5.41, 5.74) is -0.971. The van der Waals surface area contributed by atoms with Crippen molar-refractivity contribution in [3.8, 4) is 0 Å². The van der Waals surface area contributed by atoms with Crippen LogP contribution in [0.1, 0.15) is 144 Å². The average molecular weight is 924 g/mol. The Hall–Kier alpha value is -3.28. The van der Waals surface area contributed by atoms with Crippen LogP contribution in [-0.2, 0) is 66.1 Å². The zero-order valence-electron chi connectivity index (χ0n) is 41.3. The molecule has 2 rings (SSSR count). The number of esters is 4. The van der Waals surface area contributed by atoms with Crippen molar-refractivity contribution >= 4 is 49.1 Å². The van der Waals surface area contributed by atoms with Gasteiger partial charge in [-0.05, 0) is 64.9 Å². The van der Waals surface area contributed by atoms with Crippen LogP contribution in [0, 0.1) is 10.8 Å². The SMILES string of the molecule is C=CC[C@@H]1C/C(=C\C(=O)OC)[C@H](OC(=O)CCCCCCC)[C@](OC)(C(C)(C)C=O)O1.[3H][B]SOCC(C)(C)[C@]1(OC)O[C@H](CC=C)C/C(=C\C(=O)OC)[C@@H]1OC(=O)CCCCCCC. The van der Waals surface area contributed by atoms with Gasteiger partial charge >= 0.3 is 23.9 Å². The molecule has 0 saturated carbocycles. The van der Waals surface area contributed by atoms with Crippen molar-refractivity contribution in [1.82, 2.24) is 0 Å². The lowest BCUT2D eigenvalue weighted by Gasteiger charge is -2.53. The van der Waals surface area contributed by atoms with Crippen LogP contribution in [0.3, 0.4) is 0 Å². The van der Waals surface area contributed by atoms with Gasteiger partial charge in [0.15, 0.2) is 12.2 Å². The summed E-state index contributed by atoms with van der Waals surface area (Å²) in [6, 6.07) is 0. The fourth-order valence-electron chi connectivity index (χ4n) is 7.91. The van der Waals surface area contributed by atoms with E-state index in [1.54, 1.807) is 26.0 Å². The van der Waals surface area contributed by atoms with Crippen LogP contribution in [0.5, 0.6) is 0 Å². The molecule has 0 aromatic rings. The van der Waals surface area contributed by atoms with Crippen molar-refractivity contribution in [3.63, 3.8) is 0 Å². The summed E-state index contributed by atoms with van der Waals surface area (Å²) in [5.74, 6) is -4.98. The number of unbranched alkanes of at least 4 members (excludes halogenated alkanes) is 8. The predicted octanol–water partition coefficient (Wildman–Crippen LogP) is 8.86. The third kappa shape index (κ3) is 17.2. The Bertz CT molecular complexity index is 1570. The first-order chi connectivity index (χ1) is 30.9. The van der Waals surface area contributed by atoms with E-state index in [0.29, 0.717) is 49.5 Å². The van der Waals surface area contributed by atoms with Crippen molar-refractivity contribution in [2.24, 2.45) is 10.8 Å². The molecule has 0 spiro atoms. The van der Waals surface area contributed by atoms with E-state index >= 15 is 0 Å². The second-order valence-electron chi connectivity index (χ2n) is 17.3. The van der Waals surface area contributed by atoms with E-state index in [4.69, 9.17) is 43.4 Å². The van der Waals surface area contributed by atoms with Gasteiger partial charge in [-0.3, -0.25) is 9.59 Å². The highest BCUT2D eigenvalue weighted by Gasteiger charge is 2.61. The molecule has 0 aromatic heterocycles. The molecule has 64 heavy (non-hydrogen) atoms. The Balaban J connectivity index is 0.000000653. The van der Waals surface area contributed by atoms with Crippen molar-refractivity contribution in [1.29, 1.82) is 1.34 Å². The summed E-state index contributed by atoms with van der Waals surface area (Å²) in [4.78, 5) is 61.9. The van der Waals surface area contributed by atoms with Gasteiger partial charge in [0.05, 0.1) is 38.4 Å². The van der Waals surface area contributed by atoms with Crippen LogP contribution in [0.4, 0.5) is 0 Å². The number of hydrogen-bond acceptors (Lipinski definition) is 15. The number of methoxy groups -OCH3 is 4. The lowest BCUT2D eigenvalue weighted by molar-refractivity contribution is -0.347. The molecular weight excluding hydrogens is 843 g/mol. The first-order valence-corrected chi connectivity index (χ1v) is 23.3. The van der Waals surface area contributed by atoms with E-state index in [1.807, 2.05) is 13.8 Å². The molecule has 14 nitrogen and oxygen atoms in total. The van der Waals surface area contributed by atoms with Crippen LogP contribution in [0.15, 0.2) is 48.6 Å². The second-order valence-corrected chi connectivity index (χ2v) is 17.7. The fourth-order valence-corrected chi connectivity index (χ4v) is 8.27. The maximum atomic E-state index is 12.9. The maximum Gasteiger partial charge on any atom is 0.330 e. The summed E-state index contributed by atoms with van der Waals surface area (Å²) in [7, 11) is 6.55. The predicted molar refractivity (Wildman–Crippen MR) is 249 cm³/mol. The topological polar surface area (TPSA) is 168 Å². The fraction of sp³-hybridized carbons (Fsp3) is 0.729. The number of rotatable bonds is 29. The lowest BCUT2D eigenvalue weighted by atomic mass is 9.75. The molecule has 2 aliphatic heterocycles. The number of hydrogen-bond donors (Lipinski definition) is 0. The van der Waals surface area contributed by atoms with Gasteiger partial charge in [0, 0.05) is 44.6 Å². The largest absolute Gasteiger partial charge is 0.466 e. The summed E-state index contributed by atoms with van der Waals surface area (Å²) < 4.78 is 58.7. The molecule has 0 unspecified atom stereocenters. The summed E-state index contributed by atoms with van der Waals surface area (Å²) in [6.45, 7) is 19.0. The van der Waals surface area contributed by atoms with Crippen LogP contribution < -0.4 is 0 Å². The summed E-state index contributed by atoms with van der Waals surface area (Å²) in [6.07, 6.45) is 16.1. The van der Waals surface area contributed by atoms with Gasteiger partial charge in [-0.25, -0.2) is 9.59 Å². The summed E-state index contributed by atoms with van der Waals surface area (Å²) in [5, 5.41) is 0. The lowest BCUT2D eigenvalue weighted by Crippen LogP contribution is -2.64. The quantitative estimate of drug-likeness (QED) is 0.0102. The molecular formula is C48H78BO14S. The molecule has 363 valence electrons. The van der Waals surface area contributed by atoms with E-state index in [2.05, 4.69) is 27.0 Å². The molecule has 2 heterocycles. The van der Waals surface area contributed by atoms with Gasteiger partial charge in [-0.2, -0.15) is 0 Å². The number of carbonyl (C=O) groups is 5. The minimum absolute atomic E-state index is 0.137. The minimum atomic E-state index is -1.60. The van der Waals surface area contributed by atoms with Crippen LogP contribution in [-0.4, -0.2) is 110 Å². The molecule has 2 fully saturated rings. The van der Waals surface area contributed by atoms with Gasteiger partial charge in [0.1, 0.15) is 6.29 Å². The normalized spacial score (nSPS) is 24.9. The van der Waals surface area contributed by atoms with E-state index in [1.165, 1.54) is 40.6 Å². The molecule has 16 heteroatoms. The average Bonchev–Trinajstić information content (AvgIpc) is 3.27.